The summed E-state index contributed by atoms with van der Waals surface area (Å²) in [6.45, 7) is 0.648. The summed E-state index contributed by atoms with van der Waals surface area (Å²) in [7, 11) is 0. The van der Waals surface area contributed by atoms with Gasteiger partial charge in [-0.1, -0.05) is 17.7 Å². The molecule has 0 fully saturated rings. The predicted molar refractivity (Wildman–Crippen MR) is 75.8 cm³/mol. The predicted octanol–water partition coefficient (Wildman–Crippen LogP) is 2.98. The van der Waals surface area contributed by atoms with Gasteiger partial charge in [0, 0.05) is 6.54 Å². The summed E-state index contributed by atoms with van der Waals surface area (Å²) < 4.78 is 10.5. The van der Waals surface area contributed by atoms with Crippen molar-refractivity contribution in [2.45, 2.75) is 6.54 Å². The van der Waals surface area contributed by atoms with Crippen LogP contribution in [0.5, 0.6) is 11.5 Å². The monoisotopic (exact) mass is 307 g/mol. The number of rotatable bonds is 4. The zero-order valence-corrected chi connectivity index (χ0v) is 11.5. The van der Waals surface area contributed by atoms with Crippen molar-refractivity contribution in [1.29, 1.82) is 0 Å². The quantitative estimate of drug-likeness (QED) is 0.531. The SMILES string of the molecule is O=[N+]([O-])c1cc(Cl)nc(NCc2ccc3c(c2)OCO3)c1. The number of benzene rings is 1. The Morgan fingerprint density at radius 1 is 1.29 bits per heavy atom. The van der Waals surface area contributed by atoms with Crippen LogP contribution in [0.15, 0.2) is 30.3 Å². The summed E-state index contributed by atoms with van der Waals surface area (Å²) in [6, 6.07) is 8.06. The Morgan fingerprint density at radius 2 is 2.10 bits per heavy atom. The molecule has 1 aliphatic heterocycles. The Bertz CT molecular complexity index is 708. The molecular weight excluding hydrogens is 298 g/mol. The molecule has 1 N–H and O–H groups in total. The van der Waals surface area contributed by atoms with Gasteiger partial charge in [-0.05, 0) is 17.7 Å². The number of anilines is 1. The van der Waals surface area contributed by atoms with E-state index in [0.717, 1.165) is 5.56 Å². The van der Waals surface area contributed by atoms with Crippen molar-refractivity contribution in [2.75, 3.05) is 12.1 Å². The minimum atomic E-state index is -0.515. The van der Waals surface area contributed by atoms with Gasteiger partial charge in [-0.15, -0.1) is 0 Å². The van der Waals surface area contributed by atoms with Gasteiger partial charge in [-0.25, -0.2) is 4.98 Å². The molecule has 0 bridgehead atoms. The van der Waals surface area contributed by atoms with Gasteiger partial charge in [-0.2, -0.15) is 0 Å². The Kier molecular flexibility index (Phi) is 3.49. The second-order valence-corrected chi connectivity index (χ2v) is 4.72. The molecule has 21 heavy (non-hydrogen) atoms. The van der Waals surface area contributed by atoms with Gasteiger partial charge < -0.3 is 14.8 Å². The van der Waals surface area contributed by atoms with Crippen molar-refractivity contribution in [1.82, 2.24) is 4.98 Å². The number of pyridine rings is 1. The van der Waals surface area contributed by atoms with Crippen LogP contribution in [0.25, 0.3) is 0 Å². The Balaban J connectivity index is 1.74. The average Bonchev–Trinajstić information content (AvgIpc) is 2.92. The molecule has 0 saturated heterocycles. The fraction of sp³-hybridized carbons (Fsp3) is 0.154. The normalized spacial score (nSPS) is 12.2. The number of nitrogens with zero attached hydrogens (tertiary/aromatic N) is 2. The first-order chi connectivity index (χ1) is 10.1. The lowest BCUT2D eigenvalue weighted by Gasteiger charge is -2.07. The van der Waals surface area contributed by atoms with Gasteiger partial charge in [0.25, 0.3) is 5.69 Å². The minimum Gasteiger partial charge on any atom is -0.454 e. The highest BCUT2D eigenvalue weighted by molar-refractivity contribution is 6.29. The van der Waals surface area contributed by atoms with Crippen molar-refractivity contribution in [2.24, 2.45) is 0 Å². The number of fused-ring (bicyclic) bond motifs is 1. The van der Waals surface area contributed by atoms with Crippen LogP contribution in [-0.2, 0) is 6.54 Å². The molecule has 0 spiro atoms. The Morgan fingerprint density at radius 3 is 2.90 bits per heavy atom. The molecule has 8 heteroatoms. The Hall–Kier alpha value is -2.54. The van der Waals surface area contributed by atoms with Crippen LogP contribution < -0.4 is 14.8 Å². The summed E-state index contributed by atoms with van der Waals surface area (Å²) in [4.78, 5) is 14.3. The van der Waals surface area contributed by atoms with Crippen LogP contribution in [0, 0.1) is 10.1 Å². The highest BCUT2D eigenvalue weighted by atomic mass is 35.5. The number of ether oxygens (including phenoxy) is 2. The van der Waals surface area contributed by atoms with Crippen LogP contribution >= 0.6 is 11.6 Å². The molecule has 1 aromatic carbocycles. The fourth-order valence-electron chi connectivity index (χ4n) is 1.92. The standard InChI is InChI=1S/C13H10ClN3O4/c14-12-4-9(17(18)19)5-13(16-12)15-6-8-1-2-10-11(3-8)21-7-20-10/h1-5H,6-7H2,(H,15,16). The third-order valence-electron chi connectivity index (χ3n) is 2.90. The van der Waals surface area contributed by atoms with Gasteiger partial charge in [0.15, 0.2) is 11.5 Å². The molecule has 2 aromatic rings. The number of hydrogen-bond acceptors (Lipinski definition) is 6. The Labute approximate surface area is 124 Å². The summed E-state index contributed by atoms with van der Waals surface area (Å²) in [5.74, 6) is 1.72. The number of aromatic nitrogens is 1. The van der Waals surface area contributed by atoms with Crippen LogP contribution in [0.1, 0.15) is 5.56 Å². The summed E-state index contributed by atoms with van der Waals surface area (Å²) in [5, 5.41) is 13.8. The lowest BCUT2D eigenvalue weighted by atomic mass is 10.2. The lowest BCUT2D eigenvalue weighted by Crippen LogP contribution is -2.02. The number of halogens is 1. The number of nitrogens with one attached hydrogen (secondary N) is 1. The number of nitro groups is 1. The first kappa shape index (κ1) is 13.4. The van der Waals surface area contributed by atoms with Crippen molar-refractivity contribution < 1.29 is 14.4 Å². The van der Waals surface area contributed by atoms with E-state index < -0.39 is 4.92 Å². The van der Waals surface area contributed by atoms with E-state index in [-0.39, 0.29) is 17.6 Å². The van der Waals surface area contributed by atoms with Gasteiger partial charge in [0.2, 0.25) is 6.79 Å². The molecule has 3 rings (SSSR count). The van der Waals surface area contributed by atoms with Crippen LogP contribution in [0.2, 0.25) is 5.15 Å². The van der Waals surface area contributed by atoms with Crippen LogP contribution in [-0.4, -0.2) is 16.7 Å². The molecule has 1 aromatic heterocycles. The highest BCUT2D eigenvalue weighted by Gasteiger charge is 2.14. The van der Waals surface area contributed by atoms with E-state index in [1.165, 1.54) is 12.1 Å². The molecule has 0 unspecified atom stereocenters. The van der Waals surface area contributed by atoms with Crippen molar-refractivity contribution in [3.63, 3.8) is 0 Å². The van der Waals surface area contributed by atoms with E-state index in [0.29, 0.717) is 23.9 Å². The first-order valence-electron chi connectivity index (χ1n) is 6.06. The minimum absolute atomic E-state index is 0.0670. The maximum atomic E-state index is 10.8. The van der Waals surface area contributed by atoms with Gasteiger partial charge in [-0.3, -0.25) is 10.1 Å². The molecule has 0 aliphatic carbocycles. The van der Waals surface area contributed by atoms with Crippen molar-refractivity contribution in [3.8, 4) is 11.5 Å². The summed E-state index contributed by atoms with van der Waals surface area (Å²) in [6.07, 6.45) is 0. The molecule has 1 aliphatic rings. The third kappa shape index (κ3) is 2.97. The average molecular weight is 308 g/mol. The molecule has 0 radical (unpaired) electrons. The molecule has 0 amide bonds. The zero-order valence-electron chi connectivity index (χ0n) is 10.7. The number of hydrogen-bond donors (Lipinski definition) is 1. The molecule has 2 heterocycles. The largest absolute Gasteiger partial charge is 0.454 e. The van der Waals surface area contributed by atoms with E-state index in [2.05, 4.69) is 10.3 Å². The van der Waals surface area contributed by atoms with Gasteiger partial charge in [0.05, 0.1) is 17.1 Å². The van der Waals surface area contributed by atoms with E-state index in [1.807, 2.05) is 18.2 Å². The maximum absolute atomic E-state index is 10.8. The smallest absolute Gasteiger partial charge is 0.276 e. The topological polar surface area (TPSA) is 86.5 Å². The van der Waals surface area contributed by atoms with E-state index in [4.69, 9.17) is 21.1 Å². The molecule has 0 saturated carbocycles. The van der Waals surface area contributed by atoms with E-state index in [1.54, 1.807) is 0 Å². The molecular formula is C13H10ClN3O4. The second kappa shape index (κ2) is 5.45. The van der Waals surface area contributed by atoms with Gasteiger partial charge >= 0.3 is 0 Å². The first-order valence-corrected chi connectivity index (χ1v) is 6.44. The van der Waals surface area contributed by atoms with E-state index in [9.17, 15) is 10.1 Å². The summed E-state index contributed by atoms with van der Waals surface area (Å²) in [5.41, 5.74) is 0.826. The molecule has 108 valence electrons. The zero-order chi connectivity index (χ0) is 14.8. The lowest BCUT2D eigenvalue weighted by molar-refractivity contribution is -0.384. The fourth-order valence-corrected chi connectivity index (χ4v) is 2.13. The van der Waals surface area contributed by atoms with Gasteiger partial charge in [0.1, 0.15) is 11.0 Å². The van der Waals surface area contributed by atoms with Crippen molar-refractivity contribution in [3.05, 3.63) is 51.2 Å². The van der Waals surface area contributed by atoms with Crippen LogP contribution in [0.3, 0.4) is 0 Å². The van der Waals surface area contributed by atoms with E-state index >= 15 is 0 Å². The third-order valence-corrected chi connectivity index (χ3v) is 3.09. The second-order valence-electron chi connectivity index (χ2n) is 4.33. The summed E-state index contributed by atoms with van der Waals surface area (Å²) >= 11 is 5.76. The van der Waals surface area contributed by atoms with Crippen LogP contribution in [0.4, 0.5) is 11.5 Å². The maximum Gasteiger partial charge on any atom is 0.276 e. The molecule has 7 nitrogen and oxygen atoms in total. The van der Waals surface area contributed by atoms with Crippen molar-refractivity contribution >= 4 is 23.1 Å². The molecule has 0 atom stereocenters. The highest BCUT2D eigenvalue weighted by Crippen LogP contribution is 2.32.